The summed E-state index contributed by atoms with van der Waals surface area (Å²) in [6.07, 6.45) is 2.80. The van der Waals surface area contributed by atoms with E-state index in [4.69, 9.17) is 11.6 Å². The number of hydrogen-bond donors (Lipinski definition) is 1. The smallest absolute Gasteiger partial charge is 0.208 e. The normalized spacial score (nSPS) is 15.6. The molecule has 3 aromatic rings. The van der Waals surface area contributed by atoms with Gasteiger partial charge in [-0.1, -0.05) is 29.8 Å². The van der Waals surface area contributed by atoms with Crippen molar-refractivity contribution in [3.05, 3.63) is 59.2 Å². The van der Waals surface area contributed by atoms with Gasteiger partial charge in [0.25, 0.3) is 0 Å². The molecule has 0 spiro atoms. The zero-order chi connectivity index (χ0) is 19.7. The molecule has 0 atom stereocenters. The number of fused-ring (bicyclic) bond motifs is 1. The Hall–Kier alpha value is -2.15. The maximum Gasteiger partial charge on any atom is 0.208 e. The predicted molar refractivity (Wildman–Crippen MR) is 113 cm³/mol. The van der Waals surface area contributed by atoms with E-state index >= 15 is 0 Å². The molecule has 0 bridgehead atoms. The standard InChI is InChI=1S/C21H22ClN3O2S/c1-15-4-2-5-19(22)20(15)28(26,27)17-7-6-16-8-10-24-21(18(16)14-17)25-12-3-9-23-11-13-25/h2,4-8,10,14,23H,3,9,11-13H2,1H3. The summed E-state index contributed by atoms with van der Waals surface area (Å²) in [5.74, 6) is 0.828. The summed E-state index contributed by atoms with van der Waals surface area (Å²) in [5, 5.41) is 5.44. The summed E-state index contributed by atoms with van der Waals surface area (Å²) in [5.41, 5.74) is 0.637. The summed E-state index contributed by atoms with van der Waals surface area (Å²) >= 11 is 6.25. The molecule has 1 fully saturated rings. The molecule has 0 radical (unpaired) electrons. The number of aryl methyl sites for hydroxylation is 1. The van der Waals surface area contributed by atoms with Crippen LogP contribution in [0.15, 0.2) is 58.5 Å². The van der Waals surface area contributed by atoms with Gasteiger partial charge in [-0.25, -0.2) is 13.4 Å². The van der Waals surface area contributed by atoms with E-state index in [-0.39, 0.29) is 14.8 Å². The topological polar surface area (TPSA) is 62.3 Å². The predicted octanol–water partition coefficient (Wildman–Crippen LogP) is 3.83. The molecule has 2 heterocycles. The van der Waals surface area contributed by atoms with E-state index in [1.54, 1.807) is 43.5 Å². The zero-order valence-electron chi connectivity index (χ0n) is 15.7. The SMILES string of the molecule is Cc1cccc(Cl)c1S(=O)(=O)c1ccc2ccnc(N3CCCNCC3)c2c1. The minimum Gasteiger partial charge on any atom is -0.355 e. The van der Waals surface area contributed by atoms with E-state index in [2.05, 4.69) is 15.2 Å². The van der Waals surface area contributed by atoms with Crippen molar-refractivity contribution in [2.24, 2.45) is 0 Å². The van der Waals surface area contributed by atoms with Crippen molar-refractivity contribution in [2.45, 2.75) is 23.1 Å². The average molecular weight is 416 g/mol. The lowest BCUT2D eigenvalue weighted by molar-refractivity contribution is 0.595. The minimum absolute atomic E-state index is 0.167. The molecule has 5 nitrogen and oxygen atoms in total. The summed E-state index contributed by atoms with van der Waals surface area (Å²) in [6, 6.07) is 12.3. The fraction of sp³-hybridized carbons (Fsp3) is 0.286. The Morgan fingerprint density at radius 2 is 1.96 bits per heavy atom. The monoisotopic (exact) mass is 415 g/mol. The molecular formula is C21H22ClN3O2S. The lowest BCUT2D eigenvalue weighted by atomic mass is 10.1. The second-order valence-electron chi connectivity index (χ2n) is 7.00. The zero-order valence-corrected chi connectivity index (χ0v) is 17.2. The van der Waals surface area contributed by atoms with Crippen molar-refractivity contribution in [3.63, 3.8) is 0 Å². The molecule has 1 saturated heterocycles. The molecular weight excluding hydrogens is 394 g/mol. The largest absolute Gasteiger partial charge is 0.355 e. The summed E-state index contributed by atoms with van der Waals surface area (Å²) in [4.78, 5) is 7.20. The Morgan fingerprint density at radius 3 is 2.79 bits per heavy atom. The van der Waals surface area contributed by atoms with Crippen molar-refractivity contribution in [2.75, 3.05) is 31.1 Å². The highest BCUT2D eigenvalue weighted by Gasteiger charge is 2.24. The van der Waals surface area contributed by atoms with Crippen molar-refractivity contribution in [1.29, 1.82) is 0 Å². The third kappa shape index (κ3) is 3.48. The van der Waals surface area contributed by atoms with E-state index in [9.17, 15) is 8.42 Å². The van der Waals surface area contributed by atoms with Crippen molar-refractivity contribution < 1.29 is 8.42 Å². The number of hydrogen-bond acceptors (Lipinski definition) is 5. The van der Waals surface area contributed by atoms with Crippen molar-refractivity contribution in [3.8, 4) is 0 Å². The molecule has 1 aliphatic heterocycles. The van der Waals surface area contributed by atoms with E-state index in [1.807, 2.05) is 12.1 Å². The van der Waals surface area contributed by atoms with Gasteiger partial charge < -0.3 is 10.2 Å². The molecule has 0 amide bonds. The van der Waals surface area contributed by atoms with Crippen LogP contribution < -0.4 is 10.2 Å². The van der Waals surface area contributed by atoms with Gasteiger partial charge in [-0.15, -0.1) is 0 Å². The molecule has 28 heavy (non-hydrogen) atoms. The number of sulfone groups is 1. The van der Waals surface area contributed by atoms with Crippen LogP contribution in [-0.2, 0) is 9.84 Å². The van der Waals surface area contributed by atoms with Gasteiger partial charge in [-0.2, -0.15) is 0 Å². The molecule has 0 unspecified atom stereocenters. The van der Waals surface area contributed by atoms with Crippen molar-refractivity contribution in [1.82, 2.24) is 10.3 Å². The first-order valence-electron chi connectivity index (χ1n) is 9.33. The molecule has 1 aliphatic rings. The van der Waals surface area contributed by atoms with Gasteiger partial charge in [-0.05, 0) is 55.1 Å². The Labute approximate surface area is 170 Å². The van der Waals surface area contributed by atoms with E-state index in [0.717, 1.165) is 49.2 Å². The number of nitrogens with one attached hydrogen (secondary N) is 1. The van der Waals surface area contributed by atoms with Crippen LogP contribution in [0.4, 0.5) is 5.82 Å². The second kappa shape index (κ2) is 7.70. The van der Waals surface area contributed by atoms with Gasteiger partial charge in [0.2, 0.25) is 9.84 Å². The number of aromatic nitrogens is 1. The van der Waals surface area contributed by atoms with Gasteiger partial charge in [0.1, 0.15) is 5.82 Å². The fourth-order valence-corrected chi connectivity index (χ4v) is 5.78. The molecule has 4 rings (SSSR count). The lowest BCUT2D eigenvalue weighted by Crippen LogP contribution is -2.28. The van der Waals surface area contributed by atoms with Crippen molar-refractivity contribution >= 4 is 38.0 Å². The summed E-state index contributed by atoms with van der Waals surface area (Å²) in [6.45, 7) is 5.35. The number of anilines is 1. The first kappa shape index (κ1) is 19.2. The quantitative estimate of drug-likeness (QED) is 0.704. The Kier molecular flexibility index (Phi) is 5.27. The lowest BCUT2D eigenvalue weighted by Gasteiger charge is -2.23. The first-order chi connectivity index (χ1) is 13.5. The highest BCUT2D eigenvalue weighted by atomic mass is 35.5. The average Bonchev–Trinajstić information content (AvgIpc) is 2.96. The molecule has 1 aromatic heterocycles. The Balaban J connectivity index is 1.86. The summed E-state index contributed by atoms with van der Waals surface area (Å²) < 4.78 is 26.7. The van der Waals surface area contributed by atoms with Gasteiger partial charge in [0.05, 0.1) is 14.8 Å². The number of benzene rings is 2. The van der Waals surface area contributed by atoms with Crippen LogP contribution in [0, 0.1) is 6.92 Å². The maximum absolute atomic E-state index is 13.3. The van der Waals surface area contributed by atoms with Crippen LogP contribution in [0.5, 0.6) is 0 Å². The van der Waals surface area contributed by atoms with E-state index in [0.29, 0.717) is 5.56 Å². The van der Waals surface area contributed by atoms with Crippen LogP contribution in [0.3, 0.4) is 0 Å². The van der Waals surface area contributed by atoms with Crippen LogP contribution >= 0.6 is 11.6 Å². The highest BCUT2D eigenvalue weighted by Crippen LogP contribution is 2.33. The Bertz CT molecular complexity index is 1100. The molecule has 0 saturated carbocycles. The third-order valence-electron chi connectivity index (χ3n) is 5.10. The molecule has 146 valence electrons. The van der Waals surface area contributed by atoms with E-state index in [1.165, 1.54) is 0 Å². The number of nitrogens with zero attached hydrogens (tertiary/aromatic N) is 2. The third-order valence-corrected chi connectivity index (χ3v) is 7.48. The minimum atomic E-state index is -3.74. The molecule has 0 aliphatic carbocycles. The van der Waals surface area contributed by atoms with E-state index < -0.39 is 9.84 Å². The number of pyridine rings is 1. The van der Waals surface area contributed by atoms with Gasteiger partial charge in [-0.3, -0.25) is 0 Å². The first-order valence-corrected chi connectivity index (χ1v) is 11.2. The number of halogens is 1. The van der Waals surface area contributed by atoms with Crippen LogP contribution in [0.2, 0.25) is 5.02 Å². The molecule has 1 N–H and O–H groups in total. The Morgan fingerprint density at radius 1 is 1.11 bits per heavy atom. The molecule has 2 aromatic carbocycles. The van der Waals surface area contributed by atoms with Gasteiger partial charge in [0, 0.05) is 31.2 Å². The van der Waals surface area contributed by atoms with Crippen LogP contribution in [-0.4, -0.2) is 39.6 Å². The highest BCUT2D eigenvalue weighted by molar-refractivity contribution is 7.91. The second-order valence-corrected chi connectivity index (χ2v) is 9.29. The summed E-state index contributed by atoms with van der Waals surface area (Å²) in [7, 11) is -3.74. The van der Waals surface area contributed by atoms with Crippen LogP contribution in [0.1, 0.15) is 12.0 Å². The number of rotatable bonds is 3. The van der Waals surface area contributed by atoms with Gasteiger partial charge in [0.15, 0.2) is 0 Å². The van der Waals surface area contributed by atoms with Gasteiger partial charge >= 0.3 is 0 Å². The maximum atomic E-state index is 13.3. The fourth-order valence-electron chi connectivity index (χ4n) is 3.68. The van der Waals surface area contributed by atoms with Crippen LogP contribution in [0.25, 0.3) is 10.8 Å². The molecule has 7 heteroatoms.